The van der Waals surface area contributed by atoms with Gasteiger partial charge in [-0.05, 0) is 81.1 Å². The van der Waals surface area contributed by atoms with E-state index in [-0.39, 0.29) is 23.4 Å². The molecule has 0 bridgehead atoms. The lowest BCUT2D eigenvalue weighted by atomic mass is 9.81. The zero-order chi connectivity index (χ0) is 23.9. The Morgan fingerprint density at radius 3 is 1.88 bits per heavy atom. The number of allylic oxidation sites excluding steroid dienone is 1. The van der Waals surface area contributed by atoms with Crippen molar-refractivity contribution in [2.45, 2.75) is 60.7 Å². The number of benzene rings is 2. The lowest BCUT2D eigenvalue weighted by Crippen LogP contribution is -2.18. The van der Waals surface area contributed by atoms with Gasteiger partial charge in [0.1, 0.15) is 23.9 Å². The second kappa shape index (κ2) is 11.0. The van der Waals surface area contributed by atoms with Crippen molar-refractivity contribution in [3.05, 3.63) is 71.8 Å². The van der Waals surface area contributed by atoms with Gasteiger partial charge in [0.2, 0.25) is 0 Å². The summed E-state index contributed by atoms with van der Waals surface area (Å²) in [4.78, 5) is 13.5. The molecule has 0 amide bonds. The molecule has 0 aliphatic heterocycles. The Morgan fingerprint density at radius 2 is 1.44 bits per heavy atom. The van der Waals surface area contributed by atoms with E-state index in [0.29, 0.717) is 35.0 Å². The summed E-state index contributed by atoms with van der Waals surface area (Å²) < 4.78 is 17.4. The minimum atomic E-state index is -0.358. The quantitative estimate of drug-likeness (QED) is 0.226. The van der Waals surface area contributed by atoms with Crippen LogP contribution in [0.3, 0.4) is 0 Å². The third-order valence-corrected chi connectivity index (χ3v) is 4.49. The van der Waals surface area contributed by atoms with Gasteiger partial charge in [0.05, 0.1) is 12.2 Å². The van der Waals surface area contributed by atoms with E-state index in [1.165, 1.54) is 0 Å². The fourth-order valence-electron chi connectivity index (χ4n) is 3.16. The molecule has 4 heteroatoms. The molecule has 0 saturated carbocycles. The molecule has 0 aliphatic carbocycles. The number of rotatable bonds is 10. The molecule has 4 nitrogen and oxygen atoms in total. The highest BCUT2D eigenvalue weighted by Gasteiger charge is 2.25. The van der Waals surface area contributed by atoms with Crippen LogP contribution in [-0.4, -0.2) is 24.6 Å². The second-order valence-corrected chi connectivity index (χ2v) is 9.33. The molecule has 0 spiro atoms. The molecule has 2 aromatic rings. The maximum absolute atomic E-state index is 13.5. The Bertz CT molecular complexity index is 916. The summed E-state index contributed by atoms with van der Waals surface area (Å²) in [5.74, 6) is 2.12. The van der Waals surface area contributed by atoms with Gasteiger partial charge in [0, 0.05) is 17.2 Å². The van der Waals surface area contributed by atoms with Gasteiger partial charge < -0.3 is 14.2 Å². The zero-order valence-corrected chi connectivity index (χ0v) is 20.4. The molecule has 0 aliphatic rings. The summed E-state index contributed by atoms with van der Waals surface area (Å²) in [6.07, 6.45) is 3.69. The van der Waals surface area contributed by atoms with Crippen LogP contribution in [0, 0.1) is 5.41 Å². The van der Waals surface area contributed by atoms with E-state index in [4.69, 9.17) is 14.2 Å². The number of carbonyl (C=O) groups is 1. The van der Waals surface area contributed by atoms with Gasteiger partial charge in [-0.15, -0.1) is 0 Å². The molecule has 2 aromatic carbocycles. The average molecular weight is 437 g/mol. The predicted octanol–water partition coefficient (Wildman–Crippen LogP) is 7.14. The van der Waals surface area contributed by atoms with Crippen molar-refractivity contribution in [1.82, 2.24) is 0 Å². The fourth-order valence-corrected chi connectivity index (χ4v) is 3.16. The number of ether oxygens (including phenoxy) is 3. The lowest BCUT2D eigenvalue weighted by Gasteiger charge is -2.23. The fraction of sp³-hybridized carbons (Fsp3) is 0.393. The first kappa shape index (κ1) is 25.3. The SMILES string of the molecule is C=CCOc1ccc(C(=O)C(=Cc2cc(OC(C)C)cc(OC(C)C)c2)C(C)(C)C)cc1. The molecule has 0 radical (unpaired) electrons. The molecule has 0 aromatic heterocycles. The van der Waals surface area contributed by atoms with E-state index >= 15 is 0 Å². The van der Waals surface area contributed by atoms with Gasteiger partial charge in [0.25, 0.3) is 0 Å². The second-order valence-electron chi connectivity index (χ2n) is 9.33. The van der Waals surface area contributed by atoms with E-state index in [2.05, 4.69) is 6.58 Å². The van der Waals surface area contributed by atoms with Crippen LogP contribution in [0.25, 0.3) is 6.08 Å². The topological polar surface area (TPSA) is 44.8 Å². The zero-order valence-electron chi connectivity index (χ0n) is 20.4. The highest BCUT2D eigenvalue weighted by molar-refractivity contribution is 6.12. The molecule has 0 atom stereocenters. The van der Waals surface area contributed by atoms with Crippen molar-refractivity contribution >= 4 is 11.9 Å². The molecule has 0 N–H and O–H groups in total. The molecular weight excluding hydrogens is 400 g/mol. The molecule has 0 saturated heterocycles. The summed E-state index contributed by atoms with van der Waals surface area (Å²) in [5.41, 5.74) is 1.83. The van der Waals surface area contributed by atoms with Crippen molar-refractivity contribution in [2.75, 3.05) is 6.61 Å². The maximum atomic E-state index is 13.5. The summed E-state index contributed by atoms with van der Waals surface area (Å²) in [5, 5.41) is 0. The number of Topliss-reactive ketones (excluding diaryl/α,β-unsaturated/α-hetero) is 1. The van der Waals surface area contributed by atoms with E-state index in [0.717, 1.165) is 5.56 Å². The minimum absolute atomic E-state index is 0.0192. The van der Waals surface area contributed by atoms with E-state index < -0.39 is 0 Å². The molecule has 0 heterocycles. The molecule has 32 heavy (non-hydrogen) atoms. The van der Waals surface area contributed by atoms with Gasteiger partial charge in [0.15, 0.2) is 5.78 Å². The predicted molar refractivity (Wildman–Crippen MR) is 132 cm³/mol. The Hall–Kier alpha value is -3.01. The first-order valence-electron chi connectivity index (χ1n) is 11.1. The van der Waals surface area contributed by atoms with E-state index in [9.17, 15) is 4.79 Å². The standard InChI is InChI=1S/C28H36O4/c1-9-14-30-23-12-10-22(11-13-23)27(29)26(28(6,7)8)17-21-15-24(31-19(2)3)18-25(16-21)32-20(4)5/h9-13,15-20H,1,14H2,2-8H3. The third-order valence-electron chi connectivity index (χ3n) is 4.49. The molecular formula is C28H36O4. The van der Waals surface area contributed by atoms with Gasteiger partial charge in [-0.1, -0.05) is 33.4 Å². The number of carbonyl (C=O) groups excluding carboxylic acids is 1. The Labute approximate surface area is 192 Å². The van der Waals surface area contributed by atoms with Crippen LogP contribution in [0.5, 0.6) is 17.2 Å². The van der Waals surface area contributed by atoms with Gasteiger partial charge in [-0.25, -0.2) is 0 Å². The maximum Gasteiger partial charge on any atom is 0.189 e. The van der Waals surface area contributed by atoms with Crippen LogP contribution in [0.15, 0.2) is 60.7 Å². The van der Waals surface area contributed by atoms with Gasteiger partial charge >= 0.3 is 0 Å². The molecule has 172 valence electrons. The van der Waals surface area contributed by atoms with Crippen molar-refractivity contribution < 1.29 is 19.0 Å². The van der Waals surface area contributed by atoms with Crippen molar-refractivity contribution in [1.29, 1.82) is 0 Å². The van der Waals surface area contributed by atoms with Crippen LogP contribution in [0.2, 0.25) is 0 Å². The summed E-state index contributed by atoms with van der Waals surface area (Å²) >= 11 is 0. The van der Waals surface area contributed by atoms with Crippen molar-refractivity contribution in [3.63, 3.8) is 0 Å². The van der Waals surface area contributed by atoms with Crippen LogP contribution < -0.4 is 14.2 Å². The summed E-state index contributed by atoms with van der Waals surface area (Å²) in [7, 11) is 0. The van der Waals surface area contributed by atoms with Gasteiger partial charge in [-0.2, -0.15) is 0 Å². The first-order valence-corrected chi connectivity index (χ1v) is 11.1. The Balaban J connectivity index is 2.47. The third kappa shape index (κ3) is 7.60. The average Bonchev–Trinajstić information content (AvgIpc) is 2.68. The number of ketones is 1. The van der Waals surface area contributed by atoms with Crippen molar-refractivity contribution in [3.8, 4) is 17.2 Å². The van der Waals surface area contributed by atoms with Crippen LogP contribution in [0.1, 0.15) is 64.4 Å². The number of hydrogen-bond donors (Lipinski definition) is 0. The Morgan fingerprint density at radius 1 is 0.906 bits per heavy atom. The summed E-state index contributed by atoms with van der Waals surface area (Å²) in [6.45, 7) is 18.1. The molecule has 2 rings (SSSR count). The minimum Gasteiger partial charge on any atom is -0.491 e. The van der Waals surface area contributed by atoms with E-state index in [1.807, 2.05) is 84.9 Å². The first-order chi connectivity index (χ1) is 15.0. The summed E-state index contributed by atoms with van der Waals surface area (Å²) in [6, 6.07) is 13.0. The molecule has 0 fully saturated rings. The smallest absolute Gasteiger partial charge is 0.189 e. The van der Waals surface area contributed by atoms with Crippen LogP contribution >= 0.6 is 0 Å². The van der Waals surface area contributed by atoms with Gasteiger partial charge in [-0.3, -0.25) is 4.79 Å². The van der Waals surface area contributed by atoms with Crippen molar-refractivity contribution in [2.24, 2.45) is 5.41 Å². The van der Waals surface area contributed by atoms with E-state index in [1.54, 1.807) is 18.2 Å². The largest absolute Gasteiger partial charge is 0.491 e. The van der Waals surface area contributed by atoms with Crippen LogP contribution in [-0.2, 0) is 0 Å². The highest BCUT2D eigenvalue weighted by atomic mass is 16.5. The number of hydrogen-bond acceptors (Lipinski definition) is 4. The normalized spacial score (nSPS) is 12.1. The molecule has 0 unspecified atom stereocenters. The van der Waals surface area contributed by atoms with Crippen LogP contribution in [0.4, 0.5) is 0 Å². The highest BCUT2D eigenvalue weighted by Crippen LogP contribution is 2.33. The Kier molecular flexibility index (Phi) is 8.71. The monoisotopic (exact) mass is 436 g/mol. The lowest BCUT2D eigenvalue weighted by molar-refractivity contribution is 0.101.